The van der Waals surface area contributed by atoms with E-state index < -0.39 is 0 Å². The molecule has 2 N–H and O–H groups in total. The zero-order valence-electron chi connectivity index (χ0n) is 17.4. The van der Waals surface area contributed by atoms with E-state index in [1.54, 1.807) is 0 Å². The molecule has 0 unspecified atom stereocenters. The zero-order valence-corrected chi connectivity index (χ0v) is 17.4. The van der Waals surface area contributed by atoms with Crippen LogP contribution in [0.5, 0.6) is 0 Å². The molecule has 0 spiro atoms. The lowest BCUT2D eigenvalue weighted by Gasteiger charge is -2.32. The standard InChI is InChI=1S/C23H35N3O2/c1-17(2)22(27)25-21-10-6-7-18(15-21)16-26-13-11-19(12-14-26)23(28)24-20-8-4-3-5-9-20/h6-7,10,15,17,19-20H,3-5,8-9,11-14,16H2,1-2H3,(H,24,28)(H,25,27). The van der Waals surface area contributed by atoms with Crippen LogP contribution in [0.2, 0.25) is 0 Å². The minimum absolute atomic E-state index is 0.0255. The fourth-order valence-corrected chi connectivity index (χ4v) is 4.21. The van der Waals surface area contributed by atoms with Crippen molar-refractivity contribution < 1.29 is 9.59 Å². The van der Waals surface area contributed by atoms with Gasteiger partial charge in [0.2, 0.25) is 11.8 Å². The molecule has 1 saturated heterocycles. The number of nitrogens with zero attached hydrogens (tertiary/aromatic N) is 1. The lowest BCUT2D eigenvalue weighted by atomic mass is 9.92. The maximum Gasteiger partial charge on any atom is 0.226 e. The number of amides is 2. The molecule has 5 heteroatoms. The Labute approximate surface area is 169 Å². The number of nitrogens with one attached hydrogen (secondary N) is 2. The van der Waals surface area contributed by atoms with Gasteiger partial charge in [0.05, 0.1) is 0 Å². The third kappa shape index (κ3) is 6.06. The van der Waals surface area contributed by atoms with Crippen LogP contribution in [0.4, 0.5) is 5.69 Å². The van der Waals surface area contributed by atoms with Gasteiger partial charge in [0.1, 0.15) is 0 Å². The smallest absolute Gasteiger partial charge is 0.226 e. The predicted molar refractivity (Wildman–Crippen MR) is 113 cm³/mol. The van der Waals surface area contributed by atoms with Gasteiger partial charge in [-0.3, -0.25) is 14.5 Å². The highest BCUT2D eigenvalue weighted by Gasteiger charge is 2.27. The van der Waals surface area contributed by atoms with Crippen molar-refractivity contribution in [3.8, 4) is 0 Å². The Bertz CT molecular complexity index is 660. The van der Waals surface area contributed by atoms with Gasteiger partial charge >= 0.3 is 0 Å². The summed E-state index contributed by atoms with van der Waals surface area (Å²) in [5, 5.41) is 6.26. The van der Waals surface area contributed by atoms with Gasteiger partial charge in [-0.2, -0.15) is 0 Å². The summed E-state index contributed by atoms with van der Waals surface area (Å²) in [4.78, 5) is 26.9. The number of likely N-dealkylation sites (tertiary alicyclic amines) is 1. The first-order valence-corrected chi connectivity index (χ1v) is 10.9. The van der Waals surface area contributed by atoms with Gasteiger partial charge in [-0.05, 0) is 56.5 Å². The van der Waals surface area contributed by atoms with Gasteiger partial charge in [0.25, 0.3) is 0 Å². The molecule has 0 bridgehead atoms. The van der Waals surface area contributed by atoms with Gasteiger partial charge < -0.3 is 10.6 Å². The fraction of sp³-hybridized carbons (Fsp3) is 0.652. The molecule has 0 atom stereocenters. The van der Waals surface area contributed by atoms with Crippen LogP contribution in [0.3, 0.4) is 0 Å². The molecular weight excluding hydrogens is 350 g/mol. The van der Waals surface area contributed by atoms with Crippen molar-refractivity contribution in [2.75, 3.05) is 18.4 Å². The van der Waals surface area contributed by atoms with E-state index in [4.69, 9.17) is 0 Å². The summed E-state index contributed by atoms with van der Waals surface area (Å²) in [6.07, 6.45) is 7.97. The fourth-order valence-electron chi connectivity index (χ4n) is 4.21. The molecule has 1 heterocycles. The molecule has 1 aliphatic heterocycles. The predicted octanol–water partition coefficient (Wildman–Crippen LogP) is 3.94. The second-order valence-electron chi connectivity index (χ2n) is 8.74. The number of carbonyl (C=O) groups excluding carboxylic acids is 2. The molecule has 154 valence electrons. The molecule has 2 fully saturated rings. The van der Waals surface area contributed by atoms with Crippen LogP contribution in [0.15, 0.2) is 24.3 Å². The van der Waals surface area contributed by atoms with Gasteiger partial charge in [-0.1, -0.05) is 45.2 Å². The molecule has 1 saturated carbocycles. The summed E-state index contributed by atoms with van der Waals surface area (Å²) in [7, 11) is 0. The van der Waals surface area contributed by atoms with Crippen molar-refractivity contribution in [3.05, 3.63) is 29.8 Å². The highest BCUT2D eigenvalue weighted by molar-refractivity contribution is 5.92. The first-order valence-electron chi connectivity index (χ1n) is 10.9. The number of benzene rings is 1. The molecule has 28 heavy (non-hydrogen) atoms. The van der Waals surface area contributed by atoms with Gasteiger partial charge in [-0.15, -0.1) is 0 Å². The molecule has 0 radical (unpaired) electrons. The largest absolute Gasteiger partial charge is 0.353 e. The average molecular weight is 386 g/mol. The van der Waals surface area contributed by atoms with Crippen molar-refractivity contribution in [1.29, 1.82) is 0 Å². The lowest BCUT2D eigenvalue weighted by Crippen LogP contribution is -2.44. The summed E-state index contributed by atoms with van der Waals surface area (Å²) in [6, 6.07) is 8.50. The van der Waals surface area contributed by atoms with E-state index >= 15 is 0 Å². The molecule has 1 aliphatic carbocycles. The second-order valence-corrected chi connectivity index (χ2v) is 8.74. The normalized spacial score (nSPS) is 19.5. The van der Waals surface area contributed by atoms with Crippen LogP contribution in [0.25, 0.3) is 0 Å². The van der Waals surface area contributed by atoms with Crippen LogP contribution in [0, 0.1) is 11.8 Å². The summed E-state index contributed by atoms with van der Waals surface area (Å²) in [6.45, 7) is 6.56. The van der Waals surface area contributed by atoms with Crippen molar-refractivity contribution in [1.82, 2.24) is 10.2 Å². The summed E-state index contributed by atoms with van der Waals surface area (Å²) < 4.78 is 0. The van der Waals surface area contributed by atoms with Crippen LogP contribution >= 0.6 is 0 Å². The maximum absolute atomic E-state index is 12.6. The van der Waals surface area contributed by atoms with Gasteiger partial charge in [0, 0.05) is 30.1 Å². The highest BCUT2D eigenvalue weighted by Crippen LogP contribution is 2.23. The van der Waals surface area contributed by atoms with Crippen molar-refractivity contribution in [2.24, 2.45) is 11.8 Å². The number of rotatable bonds is 6. The Balaban J connectivity index is 1.45. The van der Waals surface area contributed by atoms with E-state index in [9.17, 15) is 9.59 Å². The molecule has 5 nitrogen and oxygen atoms in total. The minimum Gasteiger partial charge on any atom is -0.353 e. The Morgan fingerprint density at radius 3 is 2.46 bits per heavy atom. The van der Waals surface area contributed by atoms with Crippen LogP contribution in [-0.4, -0.2) is 35.8 Å². The van der Waals surface area contributed by atoms with E-state index in [1.165, 1.54) is 24.8 Å². The van der Waals surface area contributed by atoms with Crippen molar-refractivity contribution >= 4 is 17.5 Å². The molecule has 1 aromatic carbocycles. The third-order valence-electron chi connectivity index (χ3n) is 6.04. The van der Waals surface area contributed by atoms with E-state index in [2.05, 4.69) is 27.7 Å². The Hall–Kier alpha value is -1.88. The Morgan fingerprint density at radius 1 is 1.07 bits per heavy atom. The van der Waals surface area contributed by atoms with Crippen LogP contribution in [-0.2, 0) is 16.1 Å². The van der Waals surface area contributed by atoms with Crippen molar-refractivity contribution in [2.45, 2.75) is 71.4 Å². The SMILES string of the molecule is CC(C)C(=O)Nc1cccc(CN2CCC(C(=O)NC3CCCCC3)CC2)c1. The van der Waals surface area contributed by atoms with E-state index in [0.717, 1.165) is 51.0 Å². The number of hydrogen-bond donors (Lipinski definition) is 2. The monoisotopic (exact) mass is 385 g/mol. The van der Waals surface area contributed by atoms with Crippen LogP contribution in [0.1, 0.15) is 64.4 Å². The zero-order chi connectivity index (χ0) is 19.9. The third-order valence-corrected chi connectivity index (χ3v) is 6.04. The lowest BCUT2D eigenvalue weighted by molar-refractivity contribution is -0.127. The highest BCUT2D eigenvalue weighted by atomic mass is 16.2. The van der Waals surface area contributed by atoms with E-state index in [-0.39, 0.29) is 23.7 Å². The number of piperidine rings is 1. The number of anilines is 1. The maximum atomic E-state index is 12.6. The minimum atomic E-state index is -0.0255. The second kappa shape index (κ2) is 10.1. The quantitative estimate of drug-likeness (QED) is 0.780. The first-order chi connectivity index (χ1) is 13.5. The Morgan fingerprint density at radius 2 is 1.79 bits per heavy atom. The molecular formula is C23H35N3O2. The molecule has 1 aromatic rings. The molecule has 2 amide bonds. The molecule has 3 rings (SSSR count). The number of carbonyl (C=O) groups is 2. The molecule has 2 aliphatic rings. The number of hydrogen-bond acceptors (Lipinski definition) is 3. The summed E-state index contributed by atoms with van der Waals surface area (Å²) in [5.74, 6) is 0.448. The van der Waals surface area contributed by atoms with Gasteiger partial charge in [0.15, 0.2) is 0 Å². The summed E-state index contributed by atoms with van der Waals surface area (Å²) >= 11 is 0. The van der Waals surface area contributed by atoms with E-state index in [0.29, 0.717) is 6.04 Å². The van der Waals surface area contributed by atoms with E-state index in [1.807, 2.05) is 26.0 Å². The summed E-state index contributed by atoms with van der Waals surface area (Å²) in [5.41, 5.74) is 2.06. The first kappa shape index (κ1) is 20.8. The molecule has 0 aromatic heterocycles. The average Bonchev–Trinajstić information content (AvgIpc) is 2.69. The van der Waals surface area contributed by atoms with Crippen molar-refractivity contribution in [3.63, 3.8) is 0 Å². The van der Waals surface area contributed by atoms with Gasteiger partial charge in [-0.25, -0.2) is 0 Å². The van der Waals surface area contributed by atoms with Crippen LogP contribution < -0.4 is 10.6 Å². The Kier molecular flexibility index (Phi) is 7.49. The topological polar surface area (TPSA) is 61.4 Å².